The van der Waals surface area contributed by atoms with Gasteiger partial charge in [-0.3, -0.25) is 0 Å². The second kappa shape index (κ2) is 25.8. The van der Waals surface area contributed by atoms with Crippen molar-refractivity contribution >= 4 is 119 Å². The van der Waals surface area contributed by atoms with E-state index in [1.807, 2.05) is 109 Å². The Morgan fingerprint density at radius 3 is 1.14 bits per heavy atom. The quantitative estimate of drug-likeness (QED) is 0.0295. The Bertz CT molecular complexity index is 3820. The van der Waals surface area contributed by atoms with Gasteiger partial charge in [-0.1, -0.05) is 53.3 Å². The number of halogens is 12. The van der Waals surface area contributed by atoms with Crippen molar-refractivity contribution in [2.45, 2.75) is 11.0 Å². The monoisotopic (exact) mass is 1320 g/mol. The van der Waals surface area contributed by atoms with Crippen LogP contribution in [-0.2, 0) is 20.2 Å². The number of benzene rings is 6. The van der Waals surface area contributed by atoms with Crippen LogP contribution in [0.5, 0.6) is 11.5 Å². The Balaban J connectivity index is 0.000000194. The maximum Gasteiger partial charge on any atom is 0.485 e. The maximum absolute atomic E-state index is 14.2. The van der Waals surface area contributed by atoms with Gasteiger partial charge in [-0.25, -0.2) is 37.3 Å². The highest BCUT2D eigenvalue weighted by atomic mass is 79.9. The third-order valence-corrected chi connectivity index (χ3v) is 14.0. The Morgan fingerprint density at radius 1 is 0.525 bits per heavy atom. The average molecular weight is 1320 g/mol. The summed E-state index contributed by atoms with van der Waals surface area (Å²) in [5.41, 5.74) is -2.55. The topological polar surface area (TPSA) is 224 Å². The van der Waals surface area contributed by atoms with Crippen molar-refractivity contribution in [1.29, 1.82) is 0 Å². The maximum atomic E-state index is 14.2. The number of H-pyrrole nitrogens is 2. The van der Waals surface area contributed by atoms with E-state index in [0.717, 1.165) is 109 Å². The molecule has 80 heavy (non-hydrogen) atoms. The largest absolute Gasteiger partial charge is 0.741 e. The number of methoxy groups -OCH3 is 2. The summed E-state index contributed by atoms with van der Waals surface area (Å²) in [6.07, 6.45) is 3.83. The molecule has 4 aromatic heterocycles. The second-order valence-electron chi connectivity index (χ2n) is 16.4. The standard InChI is InChI=1S/2C24H17BrFN3O.C2H4Cl2.2CHF3O3S/c2*1-30-18-7-3-14(4-8-18)23-10-15-2-6-17(26)12-19(15)24(29(23)27)21-13-28-22-9-5-16(25)11-20(21)22;3-1-2-4;2*2-1(3,4)8(5,6)7/h2*2-13H,27H2,1H3;1-2H2;2*(H,5,6,7). The zero-order valence-corrected chi connectivity index (χ0v) is 47.3. The Kier molecular flexibility index (Phi) is 20.1. The summed E-state index contributed by atoms with van der Waals surface area (Å²) in [4.78, 5) is 6.59. The molecular formula is C52H40Br2Cl2F8N6O8S2. The Hall–Kier alpha value is -6.78. The number of fused-ring (bicyclic) bond motifs is 4. The number of pyridine rings is 2. The number of aromatic nitrogens is 4. The van der Waals surface area contributed by atoms with Crippen LogP contribution in [0.4, 0.5) is 35.1 Å². The molecule has 0 saturated carbocycles. The zero-order valence-electron chi connectivity index (χ0n) is 40.9. The lowest BCUT2D eigenvalue weighted by Gasteiger charge is -2.09. The third kappa shape index (κ3) is 14.8. The van der Waals surface area contributed by atoms with E-state index in [1.165, 1.54) is 24.3 Å². The Labute approximate surface area is 477 Å². The van der Waals surface area contributed by atoms with Gasteiger partial charge >= 0.3 is 11.0 Å². The van der Waals surface area contributed by atoms with E-state index in [4.69, 9.17) is 70.3 Å². The number of nitrogens with two attached hydrogens (primary N) is 2. The molecule has 0 aliphatic carbocycles. The fourth-order valence-electron chi connectivity index (χ4n) is 7.75. The van der Waals surface area contributed by atoms with Gasteiger partial charge in [-0.15, -0.1) is 23.2 Å². The minimum atomic E-state index is -6.09. The fraction of sp³-hybridized carbons (Fsp3) is 0.115. The minimum absolute atomic E-state index is 0.304. The smallest absolute Gasteiger partial charge is 0.485 e. The van der Waals surface area contributed by atoms with Crippen molar-refractivity contribution < 1.29 is 79.9 Å². The van der Waals surface area contributed by atoms with E-state index < -0.39 is 31.3 Å². The summed E-state index contributed by atoms with van der Waals surface area (Å²) in [7, 11) is -8.91. The summed E-state index contributed by atoms with van der Waals surface area (Å²) >= 11 is 17.2. The van der Waals surface area contributed by atoms with Crippen LogP contribution < -0.4 is 30.5 Å². The normalized spacial score (nSPS) is 11.7. The molecule has 0 bridgehead atoms. The van der Waals surface area contributed by atoms with E-state index in [9.17, 15) is 35.1 Å². The predicted octanol–water partition coefficient (Wildman–Crippen LogP) is 12.7. The SMILES string of the molecule is COc1ccc(-c2cc3ccc(F)cc3c(-c3c[nH]c4ccc(Br)cc34)[n+]2N)cc1.COc1ccc(-c2cc3ccc(F)cc3c(-c3c[nH]c4ccc(Br)cc34)[n+]2N)cc1.ClCCCl.O=S(=O)([O-])C(F)(F)F.O=S(=O)([O-])C(F)(F)F. The van der Waals surface area contributed by atoms with Gasteiger partial charge in [-0.2, -0.15) is 26.3 Å². The number of alkyl halides is 8. The van der Waals surface area contributed by atoms with Crippen LogP contribution in [0, 0.1) is 11.6 Å². The van der Waals surface area contributed by atoms with Crippen LogP contribution >= 0.6 is 55.1 Å². The molecule has 0 aliphatic rings. The third-order valence-electron chi connectivity index (χ3n) is 11.3. The molecule has 28 heteroatoms. The van der Waals surface area contributed by atoms with E-state index in [-0.39, 0.29) is 11.6 Å². The van der Waals surface area contributed by atoms with Crippen molar-refractivity contribution in [1.82, 2.24) is 9.97 Å². The molecule has 0 amide bonds. The van der Waals surface area contributed by atoms with Crippen molar-refractivity contribution in [2.75, 3.05) is 37.7 Å². The summed E-state index contributed by atoms with van der Waals surface area (Å²) in [6, 6.07) is 41.0. The highest BCUT2D eigenvalue weighted by Gasteiger charge is 2.38. The summed E-state index contributed by atoms with van der Waals surface area (Å²) in [5, 5.41) is 5.31. The molecule has 0 spiro atoms. The first-order valence-electron chi connectivity index (χ1n) is 22.4. The van der Waals surface area contributed by atoms with Gasteiger partial charge in [0.2, 0.25) is 11.4 Å². The van der Waals surface area contributed by atoms with E-state index >= 15 is 0 Å². The van der Waals surface area contributed by atoms with Crippen LogP contribution in [-0.4, -0.2) is 72.9 Å². The molecule has 10 aromatic rings. The lowest BCUT2D eigenvalue weighted by molar-refractivity contribution is -0.614. The fourth-order valence-corrected chi connectivity index (χ4v) is 8.47. The number of nitrogen functional groups attached to an aromatic ring is 2. The number of aromatic amines is 2. The van der Waals surface area contributed by atoms with Gasteiger partial charge in [0.15, 0.2) is 20.2 Å². The number of ether oxygens (including phenoxy) is 2. The average Bonchev–Trinajstić information content (AvgIpc) is 4.21. The number of hydrogen-bond donors (Lipinski definition) is 4. The number of hydrogen-bond acceptors (Lipinski definition) is 10. The lowest BCUT2D eigenvalue weighted by atomic mass is 10.00. The first-order chi connectivity index (χ1) is 37.5. The Morgan fingerprint density at radius 2 is 0.850 bits per heavy atom. The van der Waals surface area contributed by atoms with Crippen LogP contribution in [0.3, 0.4) is 0 Å². The summed E-state index contributed by atoms with van der Waals surface area (Å²) in [5.74, 6) is 15.4. The molecule has 6 aromatic carbocycles. The molecule has 0 radical (unpaired) electrons. The van der Waals surface area contributed by atoms with Crippen molar-refractivity contribution in [3.63, 3.8) is 0 Å². The molecule has 0 atom stereocenters. The second-order valence-corrected chi connectivity index (χ2v) is 21.7. The van der Waals surface area contributed by atoms with Gasteiger partial charge in [0.05, 0.1) is 36.1 Å². The molecule has 0 aliphatic heterocycles. The first-order valence-corrected chi connectivity index (χ1v) is 27.8. The molecule has 4 heterocycles. The molecule has 0 saturated heterocycles. The van der Waals surface area contributed by atoms with Gasteiger partial charge in [-0.05, 0) is 120 Å². The summed E-state index contributed by atoms with van der Waals surface area (Å²) < 4.78 is 162. The number of nitrogens with zero attached hydrogens (tertiary/aromatic N) is 2. The van der Waals surface area contributed by atoms with Crippen LogP contribution in [0.25, 0.3) is 88.4 Å². The van der Waals surface area contributed by atoms with Gasteiger partial charge < -0.3 is 28.5 Å². The predicted molar refractivity (Wildman–Crippen MR) is 295 cm³/mol. The molecular weight excluding hydrogens is 1280 g/mol. The van der Waals surface area contributed by atoms with E-state index in [1.54, 1.807) is 35.7 Å². The molecule has 422 valence electrons. The van der Waals surface area contributed by atoms with Gasteiger partial charge in [0.25, 0.3) is 11.4 Å². The van der Waals surface area contributed by atoms with Gasteiger partial charge in [0, 0.05) is 78.2 Å². The van der Waals surface area contributed by atoms with E-state index in [2.05, 4.69) is 41.8 Å². The highest BCUT2D eigenvalue weighted by Crippen LogP contribution is 2.37. The van der Waals surface area contributed by atoms with Crippen molar-refractivity contribution in [2.24, 2.45) is 0 Å². The molecule has 0 fully saturated rings. The van der Waals surface area contributed by atoms with Crippen molar-refractivity contribution in [3.8, 4) is 56.5 Å². The van der Waals surface area contributed by atoms with Gasteiger partial charge in [0.1, 0.15) is 23.1 Å². The number of nitrogens with one attached hydrogen (secondary N) is 2. The highest BCUT2D eigenvalue weighted by molar-refractivity contribution is 9.10. The first kappa shape index (κ1) is 62.4. The minimum Gasteiger partial charge on any atom is -0.741 e. The van der Waals surface area contributed by atoms with Crippen LogP contribution in [0.1, 0.15) is 0 Å². The van der Waals surface area contributed by atoms with Crippen molar-refractivity contribution in [3.05, 3.63) is 166 Å². The molecule has 6 N–H and O–H groups in total. The van der Waals surface area contributed by atoms with Crippen LogP contribution in [0.2, 0.25) is 0 Å². The molecule has 0 unspecified atom stereocenters. The molecule has 14 nitrogen and oxygen atoms in total. The lowest BCUT2D eigenvalue weighted by Crippen LogP contribution is -2.48. The molecule has 10 rings (SSSR count). The number of rotatable bonds is 7. The zero-order chi connectivity index (χ0) is 59.1. The van der Waals surface area contributed by atoms with E-state index in [0.29, 0.717) is 11.8 Å². The summed E-state index contributed by atoms with van der Waals surface area (Å²) in [6.45, 7) is 0. The van der Waals surface area contributed by atoms with Crippen LogP contribution in [0.15, 0.2) is 155 Å².